The van der Waals surface area contributed by atoms with E-state index >= 15 is 0 Å². The Hall–Kier alpha value is -3.35. The number of nitrogens with one attached hydrogen (secondary N) is 3. The number of carbonyl (C=O) groups is 1. The van der Waals surface area contributed by atoms with Gasteiger partial charge in [0.25, 0.3) is 5.91 Å². The van der Waals surface area contributed by atoms with Crippen molar-refractivity contribution in [2.45, 2.75) is 6.92 Å². The third-order valence-corrected chi connectivity index (χ3v) is 3.69. The van der Waals surface area contributed by atoms with Crippen LogP contribution >= 0.6 is 0 Å². The minimum atomic E-state index is -0.192. The molecule has 4 aromatic rings. The molecule has 120 valence electrons. The smallest absolute Gasteiger partial charge is 0.255 e. The standard InChI is InChI=1S/C17H15N5O2/c1-2-18-17(23)12-8-20-16-15(12)22-14(9-21-16)24-11-4-3-10-5-6-19-13(10)7-11/h3-9,19H,2H2,1H3,(H,18,23)(H,20,21). The average molecular weight is 321 g/mol. The molecular formula is C17H15N5O2. The largest absolute Gasteiger partial charge is 0.437 e. The van der Waals surface area contributed by atoms with Crippen molar-refractivity contribution in [3.05, 3.63) is 48.4 Å². The van der Waals surface area contributed by atoms with Crippen LogP contribution in [-0.4, -0.2) is 32.4 Å². The van der Waals surface area contributed by atoms with E-state index in [1.807, 2.05) is 37.4 Å². The van der Waals surface area contributed by atoms with Crippen molar-refractivity contribution < 1.29 is 9.53 Å². The Morgan fingerprint density at radius 2 is 2.21 bits per heavy atom. The fourth-order valence-corrected chi connectivity index (χ4v) is 2.56. The number of ether oxygens (including phenoxy) is 1. The molecule has 0 bridgehead atoms. The van der Waals surface area contributed by atoms with Crippen molar-refractivity contribution in [3.8, 4) is 11.6 Å². The normalized spacial score (nSPS) is 11.0. The van der Waals surface area contributed by atoms with Crippen LogP contribution in [-0.2, 0) is 0 Å². The molecule has 0 aliphatic carbocycles. The lowest BCUT2D eigenvalue weighted by Crippen LogP contribution is -2.22. The van der Waals surface area contributed by atoms with Crippen molar-refractivity contribution >= 4 is 28.0 Å². The second kappa shape index (κ2) is 5.69. The van der Waals surface area contributed by atoms with E-state index in [0.29, 0.717) is 34.9 Å². The summed E-state index contributed by atoms with van der Waals surface area (Å²) in [6.45, 7) is 2.41. The third-order valence-electron chi connectivity index (χ3n) is 3.69. The van der Waals surface area contributed by atoms with Gasteiger partial charge in [-0.15, -0.1) is 0 Å². The molecule has 7 heteroatoms. The molecule has 0 aliphatic rings. The molecule has 1 aromatic carbocycles. The van der Waals surface area contributed by atoms with Crippen LogP contribution < -0.4 is 10.1 Å². The molecule has 0 unspecified atom stereocenters. The van der Waals surface area contributed by atoms with Gasteiger partial charge >= 0.3 is 0 Å². The zero-order valence-corrected chi connectivity index (χ0v) is 13.0. The molecule has 3 aromatic heterocycles. The van der Waals surface area contributed by atoms with Crippen LogP contribution in [0.3, 0.4) is 0 Å². The highest BCUT2D eigenvalue weighted by Gasteiger charge is 2.14. The molecule has 0 fully saturated rings. The number of nitrogens with zero attached hydrogens (tertiary/aromatic N) is 2. The zero-order chi connectivity index (χ0) is 16.5. The summed E-state index contributed by atoms with van der Waals surface area (Å²) in [6.07, 6.45) is 5.00. The fourth-order valence-electron chi connectivity index (χ4n) is 2.56. The maximum atomic E-state index is 12.1. The van der Waals surface area contributed by atoms with Crippen LogP contribution in [0.25, 0.3) is 22.1 Å². The number of amides is 1. The first-order valence-electron chi connectivity index (χ1n) is 7.62. The molecular weight excluding hydrogens is 306 g/mol. The lowest BCUT2D eigenvalue weighted by molar-refractivity contribution is 0.0957. The van der Waals surface area contributed by atoms with E-state index in [2.05, 4.69) is 25.3 Å². The minimum absolute atomic E-state index is 0.192. The van der Waals surface area contributed by atoms with Crippen molar-refractivity contribution in [1.82, 2.24) is 25.3 Å². The first-order chi connectivity index (χ1) is 11.7. The number of aromatic nitrogens is 4. The Bertz CT molecular complexity index is 1030. The van der Waals surface area contributed by atoms with E-state index in [1.165, 1.54) is 6.20 Å². The number of hydrogen-bond donors (Lipinski definition) is 3. The molecule has 1 amide bonds. The van der Waals surface area contributed by atoms with Crippen molar-refractivity contribution in [2.75, 3.05) is 6.54 Å². The van der Waals surface area contributed by atoms with Gasteiger partial charge < -0.3 is 20.0 Å². The van der Waals surface area contributed by atoms with Gasteiger partial charge in [-0.1, -0.05) is 0 Å². The average Bonchev–Trinajstić information content (AvgIpc) is 3.20. The Balaban J connectivity index is 1.68. The molecule has 3 N–H and O–H groups in total. The quantitative estimate of drug-likeness (QED) is 0.538. The topological polar surface area (TPSA) is 95.7 Å². The number of H-pyrrole nitrogens is 2. The predicted octanol–water partition coefficient (Wildman–Crippen LogP) is 2.98. The SMILES string of the molecule is CCNC(=O)c1c[nH]c2ncc(Oc3ccc4cc[nH]c4c3)nc12. The third kappa shape index (κ3) is 2.45. The summed E-state index contributed by atoms with van der Waals surface area (Å²) in [6, 6.07) is 7.71. The first kappa shape index (κ1) is 14.3. The Labute approximate surface area is 137 Å². The van der Waals surface area contributed by atoms with Gasteiger partial charge in [-0.2, -0.15) is 0 Å². The highest BCUT2D eigenvalue weighted by Crippen LogP contribution is 2.25. The number of aromatic amines is 2. The summed E-state index contributed by atoms with van der Waals surface area (Å²) in [7, 11) is 0. The molecule has 3 heterocycles. The van der Waals surface area contributed by atoms with Crippen molar-refractivity contribution in [3.63, 3.8) is 0 Å². The van der Waals surface area contributed by atoms with E-state index in [1.54, 1.807) is 6.20 Å². The molecule has 0 radical (unpaired) electrons. The maximum absolute atomic E-state index is 12.1. The summed E-state index contributed by atoms with van der Waals surface area (Å²) in [5.74, 6) is 0.787. The molecule has 0 spiro atoms. The van der Waals surface area contributed by atoms with Crippen LogP contribution in [0, 0.1) is 0 Å². The second-order valence-corrected chi connectivity index (χ2v) is 5.30. The van der Waals surface area contributed by atoms with Gasteiger partial charge in [0, 0.05) is 30.5 Å². The summed E-state index contributed by atoms with van der Waals surface area (Å²) < 4.78 is 5.79. The highest BCUT2D eigenvalue weighted by molar-refractivity contribution is 6.04. The molecule has 0 atom stereocenters. The van der Waals surface area contributed by atoms with Gasteiger partial charge in [0.05, 0.1) is 11.8 Å². The number of carbonyl (C=O) groups excluding carboxylic acids is 1. The van der Waals surface area contributed by atoms with Gasteiger partial charge in [0.2, 0.25) is 5.88 Å². The molecule has 4 rings (SSSR count). The summed E-state index contributed by atoms with van der Waals surface area (Å²) in [4.78, 5) is 26.8. The summed E-state index contributed by atoms with van der Waals surface area (Å²) in [5.41, 5.74) is 2.46. The molecule has 7 nitrogen and oxygen atoms in total. The number of hydrogen-bond acceptors (Lipinski definition) is 4. The molecule has 0 saturated carbocycles. The predicted molar refractivity (Wildman–Crippen MR) is 90.3 cm³/mol. The highest BCUT2D eigenvalue weighted by atomic mass is 16.5. The number of rotatable bonds is 4. The van der Waals surface area contributed by atoms with Crippen LogP contribution in [0.2, 0.25) is 0 Å². The van der Waals surface area contributed by atoms with Gasteiger partial charge in [-0.3, -0.25) is 4.79 Å². The lowest BCUT2D eigenvalue weighted by atomic mass is 10.2. The maximum Gasteiger partial charge on any atom is 0.255 e. The van der Waals surface area contributed by atoms with Crippen LogP contribution in [0.15, 0.2) is 42.9 Å². The van der Waals surface area contributed by atoms with Crippen LogP contribution in [0.4, 0.5) is 0 Å². The monoisotopic (exact) mass is 321 g/mol. The van der Waals surface area contributed by atoms with E-state index in [0.717, 1.165) is 10.9 Å². The Morgan fingerprint density at radius 3 is 3.08 bits per heavy atom. The lowest BCUT2D eigenvalue weighted by Gasteiger charge is -2.05. The van der Waals surface area contributed by atoms with Gasteiger partial charge in [0.15, 0.2) is 5.65 Å². The first-order valence-corrected chi connectivity index (χ1v) is 7.62. The molecule has 0 saturated heterocycles. The molecule has 24 heavy (non-hydrogen) atoms. The minimum Gasteiger partial charge on any atom is -0.437 e. The van der Waals surface area contributed by atoms with E-state index in [-0.39, 0.29) is 5.91 Å². The fraction of sp³-hybridized carbons (Fsp3) is 0.118. The van der Waals surface area contributed by atoms with Crippen LogP contribution in [0.1, 0.15) is 17.3 Å². The second-order valence-electron chi connectivity index (χ2n) is 5.30. The zero-order valence-electron chi connectivity index (χ0n) is 13.0. The summed E-state index contributed by atoms with van der Waals surface area (Å²) in [5, 5.41) is 3.86. The van der Waals surface area contributed by atoms with Gasteiger partial charge in [-0.05, 0) is 30.5 Å². The van der Waals surface area contributed by atoms with E-state index in [9.17, 15) is 4.79 Å². The van der Waals surface area contributed by atoms with E-state index < -0.39 is 0 Å². The van der Waals surface area contributed by atoms with Crippen LogP contribution in [0.5, 0.6) is 11.6 Å². The number of benzene rings is 1. The van der Waals surface area contributed by atoms with E-state index in [4.69, 9.17) is 4.74 Å². The van der Waals surface area contributed by atoms with Crippen molar-refractivity contribution in [1.29, 1.82) is 0 Å². The number of fused-ring (bicyclic) bond motifs is 2. The molecule has 0 aliphatic heterocycles. The Morgan fingerprint density at radius 1 is 1.29 bits per heavy atom. The van der Waals surface area contributed by atoms with Crippen molar-refractivity contribution in [2.24, 2.45) is 0 Å². The van der Waals surface area contributed by atoms with Gasteiger partial charge in [-0.25, -0.2) is 9.97 Å². The van der Waals surface area contributed by atoms with Gasteiger partial charge in [0.1, 0.15) is 11.3 Å². The Kier molecular flexibility index (Phi) is 3.38. The summed E-state index contributed by atoms with van der Waals surface area (Å²) >= 11 is 0.